The molecule has 11 heavy (non-hydrogen) atoms. The lowest BCUT2D eigenvalue weighted by Gasteiger charge is -2.25. The van der Waals surface area contributed by atoms with Gasteiger partial charge < -0.3 is 4.74 Å². The average Bonchev–Trinajstić information content (AvgIpc) is 2.50. The quantitative estimate of drug-likeness (QED) is 0.470. The number of methoxy groups -OCH3 is 1. The van der Waals surface area contributed by atoms with Gasteiger partial charge in [0, 0.05) is 19.6 Å². The number of halogens is 1. The van der Waals surface area contributed by atoms with Gasteiger partial charge in [-0.2, -0.15) is 0 Å². The zero-order valence-electron chi connectivity index (χ0n) is 6.98. The van der Waals surface area contributed by atoms with Crippen LogP contribution in [0.25, 0.3) is 0 Å². The van der Waals surface area contributed by atoms with Crippen LogP contribution >= 0.6 is 11.6 Å². The predicted octanol–water partition coefficient (Wildman–Crippen LogP) is 2.60. The highest BCUT2D eigenvalue weighted by molar-refractivity contribution is 6.18. The molecular weight excluding hydrogens is 160 g/mol. The van der Waals surface area contributed by atoms with E-state index in [2.05, 4.69) is 12.2 Å². The molecule has 0 bridgehead atoms. The van der Waals surface area contributed by atoms with Gasteiger partial charge in [0.15, 0.2) is 0 Å². The van der Waals surface area contributed by atoms with Crippen LogP contribution in [0.15, 0.2) is 12.2 Å². The lowest BCUT2D eigenvalue weighted by molar-refractivity contribution is 0.151. The minimum Gasteiger partial charge on any atom is -0.385 e. The summed E-state index contributed by atoms with van der Waals surface area (Å²) in [6, 6.07) is 0. The Kier molecular flexibility index (Phi) is 3.41. The van der Waals surface area contributed by atoms with Crippen molar-refractivity contribution < 1.29 is 4.74 Å². The number of hydrogen-bond donors (Lipinski definition) is 0. The second-order valence-corrected chi connectivity index (χ2v) is 3.52. The van der Waals surface area contributed by atoms with E-state index < -0.39 is 0 Å². The molecule has 0 saturated carbocycles. The van der Waals surface area contributed by atoms with Crippen molar-refractivity contribution in [3.63, 3.8) is 0 Å². The molecule has 0 atom stereocenters. The fraction of sp³-hybridized carbons (Fsp3) is 0.778. The van der Waals surface area contributed by atoms with E-state index in [-0.39, 0.29) is 0 Å². The average molecular weight is 175 g/mol. The van der Waals surface area contributed by atoms with Crippen LogP contribution in [0.5, 0.6) is 0 Å². The molecular formula is C9H15ClO. The standard InChI is InChI=1S/C9H15ClO/c1-11-7-6-9(8-10)4-2-3-5-9/h2-3H,4-8H2,1H3. The third kappa shape index (κ3) is 2.21. The number of hydrogen-bond acceptors (Lipinski definition) is 1. The monoisotopic (exact) mass is 174 g/mol. The maximum Gasteiger partial charge on any atom is 0.0468 e. The predicted molar refractivity (Wildman–Crippen MR) is 48.0 cm³/mol. The molecule has 0 unspecified atom stereocenters. The molecule has 64 valence electrons. The van der Waals surface area contributed by atoms with E-state index in [9.17, 15) is 0 Å². The van der Waals surface area contributed by atoms with E-state index in [4.69, 9.17) is 16.3 Å². The van der Waals surface area contributed by atoms with Gasteiger partial charge in [0.1, 0.15) is 0 Å². The Morgan fingerprint density at radius 2 is 2.09 bits per heavy atom. The molecule has 1 aliphatic carbocycles. The first-order valence-electron chi connectivity index (χ1n) is 4.03. The zero-order chi connectivity index (χ0) is 8.16. The third-order valence-corrected chi connectivity index (χ3v) is 2.96. The van der Waals surface area contributed by atoms with Crippen LogP contribution in [0, 0.1) is 5.41 Å². The molecule has 0 radical (unpaired) electrons. The molecule has 0 aromatic rings. The molecule has 1 nitrogen and oxygen atoms in total. The minimum absolute atomic E-state index is 0.317. The Morgan fingerprint density at radius 1 is 1.45 bits per heavy atom. The fourth-order valence-corrected chi connectivity index (χ4v) is 1.80. The first-order valence-corrected chi connectivity index (χ1v) is 4.56. The van der Waals surface area contributed by atoms with Gasteiger partial charge in [-0.25, -0.2) is 0 Å². The van der Waals surface area contributed by atoms with Crippen molar-refractivity contribution in [2.24, 2.45) is 5.41 Å². The second kappa shape index (κ2) is 4.13. The summed E-state index contributed by atoms with van der Waals surface area (Å²) in [5.74, 6) is 0.753. The lowest BCUT2D eigenvalue weighted by atomic mass is 9.84. The summed E-state index contributed by atoms with van der Waals surface area (Å²) in [6.07, 6.45) is 7.77. The lowest BCUT2D eigenvalue weighted by Crippen LogP contribution is -2.20. The molecule has 1 aliphatic rings. The topological polar surface area (TPSA) is 9.23 Å². The minimum atomic E-state index is 0.317. The molecule has 1 rings (SSSR count). The number of allylic oxidation sites excluding steroid dienone is 2. The molecule has 0 spiro atoms. The van der Waals surface area contributed by atoms with Gasteiger partial charge in [-0.15, -0.1) is 11.6 Å². The van der Waals surface area contributed by atoms with Crippen molar-refractivity contribution >= 4 is 11.6 Å². The summed E-state index contributed by atoms with van der Waals surface area (Å²) in [6.45, 7) is 0.828. The molecule has 0 amide bonds. The number of alkyl halides is 1. The van der Waals surface area contributed by atoms with Crippen LogP contribution < -0.4 is 0 Å². The first-order chi connectivity index (χ1) is 5.33. The van der Waals surface area contributed by atoms with Crippen molar-refractivity contribution in [3.05, 3.63) is 12.2 Å². The smallest absolute Gasteiger partial charge is 0.0468 e. The largest absolute Gasteiger partial charge is 0.385 e. The Morgan fingerprint density at radius 3 is 2.55 bits per heavy atom. The van der Waals surface area contributed by atoms with Gasteiger partial charge in [0.05, 0.1) is 0 Å². The summed E-state index contributed by atoms with van der Waals surface area (Å²) < 4.78 is 5.04. The molecule has 0 aromatic carbocycles. The maximum absolute atomic E-state index is 5.90. The maximum atomic E-state index is 5.90. The van der Waals surface area contributed by atoms with Crippen molar-refractivity contribution in [2.75, 3.05) is 19.6 Å². The molecule has 2 heteroatoms. The van der Waals surface area contributed by atoms with E-state index in [0.29, 0.717) is 5.41 Å². The van der Waals surface area contributed by atoms with Crippen molar-refractivity contribution in [2.45, 2.75) is 19.3 Å². The molecule has 0 heterocycles. The zero-order valence-corrected chi connectivity index (χ0v) is 7.73. The molecule has 0 aromatic heterocycles. The van der Waals surface area contributed by atoms with Gasteiger partial charge in [0.25, 0.3) is 0 Å². The second-order valence-electron chi connectivity index (χ2n) is 3.26. The normalized spacial score (nSPS) is 20.9. The Hall–Kier alpha value is -0.0100. The van der Waals surface area contributed by atoms with Gasteiger partial charge in [0.2, 0.25) is 0 Å². The summed E-state index contributed by atoms with van der Waals surface area (Å²) in [4.78, 5) is 0. The first kappa shape index (κ1) is 9.08. The van der Waals surface area contributed by atoms with Gasteiger partial charge in [-0.1, -0.05) is 12.2 Å². The highest BCUT2D eigenvalue weighted by atomic mass is 35.5. The Bertz CT molecular complexity index is 134. The van der Waals surface area contributed by atoms with Gasteiger partial charge in [-0.05, 0) is 24.7 Å². The van der Waals surface area contributed by atoms with E-state index in [0.717, 1.165) is 31.7 Å². The SMILES string of the molecule is COCCC1(CCl)CC=CC1. The number of ether oxygens (including phenoxy) is 1. The van der Waals surface area contributed by atoms with Gasteiger partial charge in [-0.3, -0.25) is 0 Å². The highest BCUT2D eigenvalue weighted by Gasteiger charge is 2.29. The van der Waals surface area contributed by atoms with Crippen LogP contribution in [-0.2, 0) is 4.74 Å². The highest BCUT2D eigenvalue weighted by Crippen LogP contribution is 2.37. The summed E-state index contributed by atoms with van der Waals surface area (Å²) in [5.41, 5.74) is 0.317. The third-order valence-electron chi connectivity index (χ3n) is 2.39. The van der Waals surface area contributed by atoms with E-state index in [1.54, 1.807) is 7.11 Å². The van der Waals surface area contributed by atoms with Crippen LogP contribution in [0.2, 0.25) is 0 Å². The molecule has 0 aliphatic heterocycles. The molecule has 0 N–H and O–H groups in total. The van der Waals surface area contributed by atoms with Crippen molar-refractivity contribution in [3.8, 4) is 0 Å². The van der Waals surface area contributed by atoms with E-state index in [1.807, 2.05) is 0 Å². The molecule has 0 fully saturated rings. The summed E-state index contributed by atoms with van der Waals surface area (Å²) >= 11 is 5.90. The van der Waals surface area contributed by atoms with Crippen LogP contribution in [-0.4, -0.2) is 19.6 Å². The fourth-order valence-electron chi connectivity index (χ4n) is 1.45. The van der Waals surface area contributed by atoms with Crippen molar-refractivity contribution in [1.82, 2.24) is 0 Å². The number of rotatable bonds is 4. The summed E-state index contributed by atoms with van der Waals surface area (Å²) in [7, 11) is 1.74. The molecule has 0 saturated heterocycles. The van der Waals surface area contributed by atoms with Gasteiger partial charge >= 0.3 is 0 Å². The van der Waals surface area contributed by atoms with Crippen LogP contribution in [0.3, 0.4) is 0 Å². The van der Waals surface area contributed by atoms with E-state index in [1.165, 1.54) is 0 Å². The van der Waals surface area contributed by atoms with Crippen LogP contribution in [0.4, 0.5) is 0 Å². The summed E-state index contributed by atoms with van der Waals surface area (Å²) in [5, 5.41) is 0. The Balaban J connectivity index is 2.35. The van der Waals surface area contributed by atoms with Crippen molar-refractivity contribution in [1.29, 1.82) is 0 Å². The van der Waals surface area contributed by atoms with Crippen LogP contribution in [0.1, 0.15) is 19.3 Å². The van der Waals surface area contributed by atoms with E-state index >= 15 is 0 Å². The Labute approximate surface area is 73.4 Å².